The van der Waals surface area contributed by atoms with E-state index in [9.17, 15) is 10.1 Å². The van der Waals surface area contributed by atoms with Crippen LogP contribution in [-0.2, 0) is 4.74 Å². The maximum absolute atomic E-state index is 10.6. The zero-order valence-corrected chi connectivity index (χ0v) is 10.6. The summed E-state index contributed by atoms with van der Waals surface area (Å²) in [5, 5.41) is 13.8. The first-order chi connectivity index (χ1) is 8.16. The largest absolute Gasteiger partial charge is 0.379 e. The zero-order valence-electron chi connectivity index (χ0n) is 9.06. The molecule has 1 aromatic rings. The van der Waals surface area contributed by atoms with Gasteiger partial charge in [0.15, 0.2) is 0 Å². The highest BCUT2D eigenvalue weighted by atomic mass is 79.9. The van der Waals surface area contributed by atoms with Crippen molar-refractivity contribution in [3.8, 4) is 0 Å². The summed E-state index contributed by atoms with van der Waals surface area (Å²) in [5.41, 5.74) is -0.0256. The van der Waals surface area contributed by atoms with E-state index in [-0.39, 0.29) is 11.7 Å². The Morgan fingerprint density at radius 1 is 1.65 bits per heavy atom. The minimum atomic E-state index is -0.467. The molecule has 2 heterocycles. The lowest BCUT2D eigenvalue weighted by atomic mass is 10.1. The summed E-state index contributed by atoms with van der Waals surface area (Å²) in [7, 11) is 0. The first-order valence-electron chi connectivity index (χ1n) is 5.31. The molecule has 0 amide bonds. The van der Waals surface area contributed by atoms with Crippen LogP contribution in [0.2, 0.25) is 0 Å². The average Bonchev–Trinajstić information content (AvgIpc) is 2.33. The van der Waals surface area contributed by atoms with Gasteiger partial charge < -0.3 is 10.1 Å². The summed E-state index contributed by atoms with van der Waals surface area (Å²) in [5.74, 6) is 0.617. The topological polar surface area (TPSA) is 77.3 Å². The lowest BCUT2D eigenvalue weighted by molar-refractivity contribution is -0.385. The molecule has 0 aliphatic carbocycles. The van der Waals surface area contributed by atoms with Gasteiger partial charge in [-0.25, -0.2) is 4.98 Å². The Kier molecular flexibility index (Phi) is 3.90. The van der Waals surface area contributed by atoms with Crippen LogP contribution in [0.1, 0.15) is 12.8 Å². The lowest BCUT2D eigenvalue weighted by Gasteiger charge is -2.23. The Labute approximate surface area is 107 Å². The quantitative estimate of drug-likeness (QED) is 0.685. The predicted octanol–water partition coefficient (Wildman–Crippen LogP) is 2.34. The Morgan fingerprint density at radius 2 is 2.47 bits per heavy atom. The molecule has 0 radical (unpaired) electrons. The summed E-state index contributed by atoms with van der Waals surface area (Å²) in [4.78, 5) is 14.1. The molecular formula is C10H12BrN3O3. The summed E-state index contributed by atoms with van der Waals surface area (Å²) in [6.07, 6.45) is 3.28. The fourth-order valence-electron chi connectivity index (χ4n) is 1.68. The van der Waals surface area contributed by atoms with Gasteiger partial charge in [0.2, 0.25) is 0 Å². The molecule has 1 N–H and O–H groups in total. The van der Waals surface area contributed by atoms with E-state index in [1.54, 1.807) is 0 Å². The fraction of sp³-hybridized carbons (Fsp3) is 0.500. The Morgan fingerprint density at radius 3 is 3.06 bits per heavy atom. The number of nitrogens with zero attached hydrogens (tertiary/aromatic N) is 2. The Hall–Kier alpha value is -1.21. The van der Waals surface area contributed by atoms with E-state index in [0.29, 0.717) is 16.9 Å². The van der Waals surface area contributed by atoms with Crippen molar-refractivity contribution < 1.29 is 9.66 Å². The van der Waals surface area contributed by atoms with Crippen LogP contribution in [-0.4, -0.2) is 29.2 Å². The van der Waals surface area contributed by atoms with Gasteiger partial charge in [0.25, 0.3) is 5.69 Å². The maximum Gasteiger partial charge on any atom is 0.288 e. The van der Waals surface area contributed by atoms with Crippen molar-refractivity contribution in [2.75, 3.05) is 18.5 Å². The van der Waals surface area contributed by atoms with Gasteiger partial charge in [-0.2, -0.15) is 0 Å². The molecule has 7 heteroatoms. The molecule has 92 valence electrons. The number of halogens is 1. The number of pyridine rings is 1. The van der Waals surface area contributed by atoms with Crippen LogP contribution in [0.15, 0.2) is 16.7 Å². The molecule has 1 aliphatic heterocycles. The molecule has 17 heavy (non-hydrogen) atoms. The highest BCUT2D eigenvalue weighted by Crippen LogP contribution is 2.25. The van der Waals surface area contributed by atoms with Crippen LogP contribution in [0.4, 0.5) is 11.5 Å². The number of hydrogen-bond donors (Lipinski definition) is 1. The summed E-state index contributed by atoms with van der Waals surface area (Å²) >= 11 is 3.27. The van der Waals surface area contributed by atoms with Crippen molar-refractivity contribution in [3.05, 3.63) is 26.9 Å². The first kappa shape index (κ1) is 12.3. The molecule has 1 atom stereocenters. The third kappa shape index (κ3) is 3.13. The molecule has 0 saturated carbocycles. The molecular weight excluding hydrogens is 290 g/mol. The summed E-state index contributed by atoms with van der Waals surface area (Å²) in [6.45, 7) is 1.44. The lowest BCUT2D eigenvalue weighted by Crippen LogP contribution is -2.30. The van der Waals surface area contributed by atoms with Gasteiger partial charge in [-0.15, -0.1) is 0 Å². The van der Waals surface area contributed by atoms with E-state index in [1.165, 1.54) is 12.3 Å². The summed E-state index contributed by atoms with van der Waals surface area (Å²) < 4.78 is 5.94. The molecule has 6 nitrogen and oxygen atoms in total. The first-order valence-corrected chi connectivity index (χ1v) is 6.10. The SMILES string of the molecule is O=[N+]([O-])c1cnc(N[C@@H]2CCCOC2)c(Br)c1. The molecule has 0 spiro atoms. The van der Waals surface area contributed by atoms with Crippen molar-refractivity contribution in [3.63, 3.8) is 0 Å². The standard InChI is InChI=1S/C10H12BrN3O3/c11-9-4-8(14(15)16)5-12-10(9)13-7-2-1-3-17-6-7/h4-5,7H,1-3,6H2,(H,12,13)/t7-/m1/s1. The maximum atomic E-state index is 10.6. The number of rotatable bonds is 3. The van der Waals surface area contributed by atoms with Crippen LogP contribution in [0, 0.1) is 10.1 Å². The number of anilines is 1. The number of hydrogen-bond acceptors (Lipinski definition) is 5. The van der Waals surface area contributed by atoms with E-state index in [4.69, 9.17) is 4.74 Å². The molecule has 1 aliphatic rings. The van der Waals surface area contributed by atoms with Crippen molar-refractivity contribution in [1.82, 2.24) is 4.98 Å². The van der Waals surface area contributed by atoms with Gasteiger partial charge in [0, 0.05) is 12.7 Å². The number of aromatic nitrogens is 1. The normalized spacial score (nSPS) is 19.9. The minimum Gasteiger partial charge on any atom is -0.379 e. The van der Waals surface area contributed by atoms with Crippen LogP contribution in [0.3, 0.4) is 0 Å². The van der Waals surface area contributed by atoms with E-state index in [1.807, 2.05) is 0 Å². The van der Waals surface area contributed by atoms with Crippen molar-refractivity contribution >= 4 is 27.4 Å². The Balaban J connectivity index is 2.08. The third-order valence-corrected chi connectivity index (χ3v) is 3.14. The second kappa shape index (κ2) is 5.42. The third-order valence-electron chi connectivity index (χ3n) is 2.54. The second-order valence-electron chi connectivity index (χ2n) is 3.84. The monoisotopic (exact) mass is 301 g/mol. The highest BCUT2D eigenvalue weighted by molar-refractivity contribution is 9.10. The Bertz CT molecular complexity index is 421. The second-order valence-corrected chi connectivity index (χ2v) is 4.69. The highest BCUT2D eigenvalue weighted by Gasteiger charge is 2.17. The van der Waals surface area contributed by atoms with Crippen molar-refractivity contribution in [1.29, 1.82) is 0 Å². The fourth-order valence-corrected chi connectivity index (χ4v) is 2.13. The number of nitrogens with one attached hydrogen (secondary N) is 1. The van der Waals surface area contributed by atoms with E-state index in [0.717, 1.165) is 19.4 Å². The van der Waals surface area contributed by atoms with Gasteiger partial charge in [0.05, 0.1) is 22.0 Å². The van der Waals surface area contributed by atoms with Gasteiger partial charge in [-0.05, 0) is 28.8 Å². The van der Waals surface area contributed by atoms with E-state index in [2.05, 4.69) is 26.2 Å². The molecule has 1 saturated heterocycles. The number of ether oxygens (including phenoxy) is 1. The van der Waals surface area contributed by atoms with E-state index < -0.39 is 4.92 Å². The summed E-state index contributed by atoms with van der Waals surface area (Å²) in [6, 6.07) is 1.66. The minimum absolute atomic E-state index is 0.0256. The van der Waals surface area contributed by atoms with Gasteiger partial charge in [-0.1, -0.05) is 0 Å². The average molecular weight is 302 g/mol. The number of nitro groups is 1. The van der Waals surface area contributed by atoms with Gasteiger partial charge in [-0.3, -0.25) is 10.1 Å². The van der Waals surface area contributed by atoms with Crippen LogP contribution in [0.25, 0.3) is 0 Å². The molecule has 0 bridgehead atoms. The van der Waals surface area contributed by atoms with Gasteiger partial charge in [0.1, 0.15) is 12.0 Å². The van der Waals surface area contributed by atoms with Gasteiger partial charge >= 0.3 is 0 Å². The predicted molar refractivity (Wildman–Crippen MR) is 66.1 cm³/mol. The molecule has 0 aromatic carbocycles. The molecule has 1 fully saturated rings. The zero-order chi connectivity index (χ0) is 12.3. The molecule has 1 aromatic heterocycles. The smallest absolute Gasteiger partial charge is 0.288 e. The van der Waals surface area contributed by atoms with E-state index >= 15 is 0 Å². The van der Waals surface area contributed by atoms with Crippen molar-refractivity contribution in [2.45, 2.75) is 18.9 Å². The van der Waals surface area contributed by atoms with Crippen LogP contribution < -0.4 is 5.32 Å². The molecule has 0 unspecified atom stereocenters. The van der Waals surface area contributed by atoms with Crippen LogP contribution >= 0.6 is 15.9 Å². The van der Waals surface area contributed by atoms with Crippen LogP contribution in [0.5, 0.6) is 0 Å². The van der Waals surface area contributed by atoms with Crippen molar-refractivity contribution in [2.24, 2.45) is 0 Å². The molecule has 2 rings (SSSR count).